The molecule has 1 fully saturated rings. The number of benzene rings is 2. The van der Waals surface area contributed by atoms with Gasteiger partial charge in [0.15, 0.2) is 11.5 Å². The van der Waals surface area contributed by atoms with Crippen molar-refractivity contribution in [1.29, 1.82) is 0 Å². The van der Waals surface area contributed by atoms with Crippen molar-refractivity contribution in [3.05, 3.63) is 59.7 Å². The van der Waals surface area contributed by atoms with Gasteiger partial charge in [0.25, 0.3) is 0 Å². The predicted octanol–water partition coefficient (Wildman–Crippen LogP) is 5.33. The summed E-state index contributed by atoms with van der Waals surface area (Å²) in [4.78, 5) is 0. The standard InChI is InChI=1S/C24H33NO2/c1-18(25)22(21-11-7-4-8-12-21)15-20-13-14-23(26-2)24(16-20)27-17-19-9-5-3-6-10-19/h4,7-8,11-14,16,18-19,22H,3,5-6,9-10,15,17,25H2,1-2H3. The van der Waals surface area contributed by atoms with Crippen molar-refractivity contribution < 1.29 is 9.47 Å². The maximum Gasteiger partial charge on any atom is 0.161 e. The fourth-order valence-electron chi connectivity index (χ4n) is 4.08. The molecule has 1 aliphatic carbocycles. The minimum Gasteiger partial charge on any atom is -0.493 e. The summed E-state index contributed by atoms with van der Waals surface area (Å²) in [6.07, 6.45) is 7.49. The Balaban J connectivity index is 1.73. The second-order valence-electron chi connectivity index (χ2n) is 7.88. The molecule has 3 heteroatoms. The summed E-state index contributed by atoms with van der Waals surface area (Å²) < 4.78 is 11.7. The first-order valence-corrected chi connectivity index (χ1v) is 10.3. The smallest absolute Gasteiger partial charge is 0.161 e. The lowest BCUT2D eigenvalue weighted by atomic mass is 9.87. The Morgan fingerprint density at radius 1 is 1.00 bits per heavy atom. The molecular formula is C24H33NO2. The summed E-state index contributed by atoms with van der Waals surface area (Å²) in [6.45, 7) is 2.87. The van der Waals surface area contributed by atoms with Crippen molar-refractivity contribution in [2.45, 2.75) is 57.4 Å². The highest BCUT2D eigenvalue weighted by Gasteiger charge is 2.19. The minimum absolute atomic E-state index is 0.0844. The van der Waals surface area contributed by atoms with E-state index in [0.717, 1.165) is 24.5 Å². The molecule has 0 aromatic heterocycles. The number of rotatable bonds is 8. The predicted molar refractivity (Wildman–Crippen MR) is 112 cm³/mol. The SMILES string of the molecule is COc1ccc(CC(c2ccccc2)C(C)N)cc1OCC1CCCCC1. The zero-order chi connectivity index (χ0) is 19.1. The summed E-state index contributed by atoms with van der Waals surface area (Å²) in [5.41, 5.74) is 8.83. The van der Waals surface area contributed by atoms with Crippen molar-refractivity contribution in [1.82, 2.24) is 0 Å². The van der Waals surface area contributed by atoms with Crippen molar-refractivity contribution in [2.24, 2.45) is 11.7 Å². The quantitative estimate of drug-likeness (QED) is 0.686. The van der Waals surface area contributed by atoms with Crippen LogP contribution >= 0.6 is 0 Å². The van der Waals surface area contributed by atoms with Gasteiger partial charge < -0.3 is 15.2 Å². The molecule has 2 unspecified atom stereocenters. The third kappa shape index (κ3) is 5.49. The molecule has 1 saturated carbocycles. The van der Waals surface area contributed by atoms with E-state index in [4.69, 9.17) is 15.2 Å². The van der Waals surface area contributed by atoms with Crippen molar-refractivity contribution >= 4 is 0 Å². The Hall–Kier alpha value is -2.00. The van der Waals surface area contributed by atoms with Gasteiger partial charge in [-0.2, -0.15) is 0 Å². The van der Waals surface area contributed by atoms with Crippen molar-refractivity contribution in [3.63, 3.8) is 0 Å². The van der Waals surface area contributed by atoms with Crippen LogP contribution in [0.4, 0.5) is 0 Å². The molecule has 3 nitrogen and oxygen atoms in total. The second kappa shape index (κ2) is 9.80. The van der Waals surface area contributed by atoms with Crippen LogP contribution in [0.25, 0.3) is 0 Å². The van der Waals surface area contributed by atoms with Crippen molar-refractivity contribution in [3.8, 4) is 11.5 Å². The maximum atomic E-state index is 6.31. The number of ether oxygens (including phenoxy) is 2. The fraction of sp³-hybridized carbons (Fsp3) is 0.500. The largest absolute Gasteiger partial charge is 0.493 e. The Morgan fingerprint density at radius 3 is 2.41 bits per heavy atom. The van der Waals surface area contributed by atoms with Gasteiger partial charge in [0.05, 0.1) is 13.7 Å². The highest BCUT2D eigenvalue weighted by atomic mass is 16.5. The molecule has 0 bridgehead atoms. The first-order chi connectivity index (χ1) is 13.2. The van der Waals surface area contributed by atoms with E-state index in [1.165, 1.54) is 43.2 Å². The summed E-state index contributed by atoms with van der Waals surface area (Å²) in [7, 11) is 1.71. The first-order valence-electron chi connectivity index (χ1n) is 10.3. The molecular weight excluding hydrogens is 334 g/mol. The lowest BCUT2D eigenvalue weighted by Crippen LogP contribution is -2.26. The van der Waals surface area contributed by atoms with E-state index in [2.05, 4.69) is 43.3 Å². The Morgan fingerprint density at radius 2 is 1.74 bits per heavy atom. The van der Waals surface area contributed by atoms with Crippen LogP contribution < -0.4 is 15.2 Å². The van der Waals surface area contributed by atoms with Gasteiger partial charge in [0, 0.05) is 12.0 Å². The molecule has 0 aliphatic heterocycles. The zero-order valence-corrected chi connectivity index (χ0v) is 16.7. The molecule has 27 heavy (non-hydrogen) atoms. The second-order valence-corrected chi connectivity index (χ2v) is 7.88. The van der Waals surface area contributed by atoms with Crippen LogP contribution in [0.2, 0.25) is 0 Å². The monoisotopic (exact) mass is 367 g/mol. The summed E-state index contributed by atoms with van der Waals surface area (Å²) in [5, 5.41) is 0. The third-order valence-corrected chi connectivity index (χ3v) is 5.75. The van der Waals surface area contributed by atoms with Crippen LogP contribution in [0.1, 0.15) is 56.1 Å². The summed E-state index contributed by atoms with van der Waals surface area (Å²) >= 11 is 0. The molecule has 2 atom stereocenters. The molecule has 146 valence electrons. The Labute approximate surface area is 163 Å². The lowest BCUT2D eigenvalue weighted by molar-refractivity contribution is 0.202. The number of nitrogens with two attached hydrogens (primary N) is 1. The fourth-order valence-corrected chi connectivity index (χ4v) is 4.08. The van der Waals surface area contributed by atoms with E-state index in [0.29, 0.717) is 5.92 Å². The van der Waals surface area contributed by atoms with E-state index in [-0.39, 0.29) is 12.0 Å². The lowest BCUT2D eigenvalue weighted by Gasteiger charge is -2.24. The van der Waals surface area contributed by atoms with Gasteiger partial charge in [-0.15, -0.1) is 0 Å². The van der Waals surface area contributed by atoms with E-state index in [9.17, 15) is 0 Å². The van der Waals surface area contributed by atoms with Gasteiger partial charge in [-0.25, -0.2) is 0 Å². The van der Waals surface area contributed by atoms with E-state index in [1.807, 2.05) is 12.1 Å². The number of methoxy groups -OCH3 is 1. The molecule has 2 aromatic rings. The van der Waals surface area contributed by atoms with Gasteiger partial charge in [-0.1, -0.05) is 55.7 Å². The van der Waals surface area contributed by atoms with Crippen LogP contribution in [-0.4, -0.2) is 19.8 Å². The molecule has 1 aliphatic rings. The van der Waals surface area contributed by atoms with E-state index >= 15 is 0 Å². The van der Waals surface area contributed by atoms with E-state index < -0.39 is 0 Å². The highest BCUT2D eigenvalue weighted by molar-refractivity contribution is 5.43. The summed E-state index contributed by atoms with van der Waals surface area (Å²) in [5.74, 6) is 2.63. The first kappa shape index (κ1) is 19.8. The molecule has 3 rings (SSSR count). The third-order valence-electron chi connectivity index (χ3n) is 5.75. The maximum absolute atomic E-state index is 6.31. The molecule has 2 N–H and O–H groups in total. The Kier molecular flexibility index (Phi) is 7.17. The minimum atomic E-state index is 0.0844. The topological polar surface area (TPSA) is 44.5 Å². The van der Waals surface area contributed by atoms with Crippen LogP contribution in [0.15, 0.2) is 48.5 Å². The van der Waals surface area contributed by atoms with Gasteiger partial charge in [-0.05, 0) is 55.4 Å². The van der Waals surface area contributed by atoms with E-state index in [1.54, 1.807) is 7.11 Å². The molecule has 0 radical (unpaired) electrons. The average molecular weight is 368 g/mol. The average Bonchev–Trinajstić information content (AvgIpc) is 2.71. The van der Waals surface area contributed by atoms with Crippen LogP contribution in [0.3, 0.4) is 0 Å². The molecule has 0 heterocycles. The number of hydrogen-bond donors (Lipinski definition) is 1. The molecule has 2 aromatic carbocycles. The van der Waals surface area contributed by atoms with Crippen molar-refractivity contribution in [2.75, 3.05) is 13.7 Å². The van der Waals surface area contributed by atoms with Crippen LogP contribution in [0, 0.1) is 5.92 Å². The molecule has 0 spiro atoms. The number of hydrogen-bond acceptors (Lipinski definition) is 3. The molecule has 0 amide bonds. The van der Waals surface area contributed by atoms with Crippen LogP contribution in [0.5, 0.6) is 11.5 Å². The normalized spacial score (nSPS) is 17.3. The molecule has 0 saturated heterocycles. The summed E-state index contributed by atoms with van der Waals surface area (Å²) in [6, 6.07) is 16.9. The van der Waals surface area contributed by atoms with Gasteiger partial charge >= 0.3 is 0 Å². The van der Waals surface area contributed by atoms with Gasteiger partial charge in [-0.3, -0.25) is 0 Å². The van der Waals surface area contributed by atoms with Crippen LogP contribution in [-0.2, 0) is 6.42 Å². The highest BCUT2D eigenvalue weighted by Crippen LogP contribution is 2.33. The Bertz CT molecular complexity index is 693. The van der Waals surface area contributed by atoms with Gasteiger partial charge in [0.1, 0.15) is 0 Å². The van der Waals surface area contributed by atoms with Gasteiger partial charge in [0.2, 0.25) is 0 Å². The zero-order valence-electron chi connectivity index (χ0n) is 16.7.